The minimum Gasteiger partial charge on any atom is -0.445 e. The summed E-state index contributed by atoms with van der Waals surface area (Å²) in [6.07, 6.45) is -3.24. The molecule has 2 atom stereocenters. The smallest absolute Gasteiger partial charge is 0.416 e. The molecule has 0 radical (unpaired) electrons. The van der Waals surface area contributed by atoms with Crippen LogP contribution < -0.4 is 0 Å². The van der Waals surface area contributed by atoms with Gasteiger partial charge >= 0.3 is 12.3 Å². The quantitative estimate of drug-likeness (QED) is 0.652. The predicted molar refractivity (Wildman–Crippen MR) is 101 cm³/mol. The Balaban J connectivity index is 1.55. The number of hydrogen-bond acceptors (Lipinski definition) is 3. The molecule has 0 N–H and O–H groups in total. The molecule has 2 heterocycles. The van der Waals surface area contributed by atoms with Gasteiger partial charge in [-0.3, -0.25) is 4.90 Å². The standard InChI is InChI=1S/C22H19F4NO3/c23-18-7-15(6-17(10-18)22(24,25)26)16-8-19-12-29-13-20(9-16)27(19)21(28)30-11-14-4-2-1-3-5-14/h1-8,10,19-20H,9,11-13H2. The Morgan fingerprint density at radius 3 is 2.60 bits per heavy atom. The molecule has 2 unspecified atom stereocenters. The number of fused-ring (bicyclic) bond motifs is 2. The maximum Gasteiger partial charge on any atom is 0.416 e. The first-order valence-corrected chi connectivity index (χ1v) is 9.47. The highest BCUT2D eigenvalue weighted by Crippen LogP contribution is 2.36. The number of alkyl halides is 3. The summed E-state index contributed by atoms with van der Waals surface area (Å²) in [5, 5.41) is 0. The fourth-order valence-electron chi connectivity index (χ4n) is 3.83. The fourth-order valence-corrected chi connectivity index (χ4v) is 3.83. The summed E-state index contributed by atoms with van der Waals surface area (Å²) < 4.78 is 64.0. The van der Waals surface area contributed by atoms with Crippen molar-refractivity contribution in [1.29, 1.82) is 0 Å². The molecule has 8 heteroatoms. The van der Waals surface area contributed by atoms with Gasteiger partial charge < -0.3 is 9.47 Å². The Morgan fingerprint density at radius 2 is 1.90 bits per heavy atom. The van der Waals surface area contributed by atoms with Crippen LogP contribution in [0.1, 0.15) is 23.1 Å². The summed E-state index contributed by atoms with van der Waals surface area (Å²) in [6, 6.07) is 10.8. The van der Waals surface area contributed by atoms with Gasteiger partial charge in [-0.1, -0.05) is 36.4 Å². The van der Waals surface area contributed by atoms with Crippen LogP contribution in [0.15, 0.2) is 54.6 Å². The van der Waals surface area contributed by atoms with E-state index in [4.69, 9.17) is 9.47 Å². The van der Waals surface area contributed by atoms with Crippen molar-refractivity contribution in [2.45, 2.75) is 31.3 Å². The highest BCUT2D eigenvalue weighted by Gasteiger charge is 2.39. The first-order valence-electron chi connectivity index (χ1n) is 9.47. The van der Waals surface area contributed by atoms with Crippen LogP contribution in [0.5, 0.6) is 0 Å². The monoisotopic (exact) mass is 421 g/mol. The van der Waals surface area contributed by atoms with Crippen molar-refractivity contribution in [2.24, 2.45) is 0 Å². The molecule has 0 aliphatic carbocycles. The summed E-state index contributed by atoms with van der Waals surface area (Å²) in [5.74, 6) is -0.952. The zero-order chi connectivity index (χ0) is 21.3. The third-order valence-corrected chi connectivity index (χ3v) is 5.21. The lowest BCUT2D eigenvalue weighted by molar-refractivity contribution is -0.137. The maximum atomic E-state index is 13.8. The van der Waals surface area contributed by atoms with Gasteiger partial charge in [-0.05, 0) is 41.3 Å². The van der Waals surface area contributed by atoms with Crippen LogP contribution in [0.2, 0.25) is 0 Å². The molecule has 0 saturated carbocycles. The number of halogens is 4. The number of nitrogens with zero attached hydrogens (tertiary/aromatic N) is 1. The van der Waals surface area contributed by atoms with Crippen LogP contribution in [-0.2, 0) is 22.3 Å². The van der Waals surface area contributed by atoms with Crippen LogP contribution in [0.3, 0.4) is 0 Å². The third kappa shape index (κ3) is 4.33. The Morgan fingerprint density at radius 1 is 1.13 bits per heavy atom. The summed E-state index contributed by atoms with van der Waals surface area (Å²) >= 11 is 0. The molecule has 4 rings (SSSR count). The maximum absolute atomic E-state index is 13.8. The number of ether oxygens (including phenoxy) is 2. The largest absolute Gasteiger partial charge is 0.445 e. The van der Waals surface area contributed by atoms with Crippen molar-refractivity contribution in [1.82, 2.24) is 4.90 Å². The Labute approximate surface area is 170 Å². The fraction of sp³-hybridized carbons (Fsp3) is 0.318. The van der Waals surface area contributed by atoms with Crippen molar-refractivity contribution in [3.63, 3.8) is 0 Å². The predicted octanol–water partition coefficient (Wildman–Crippen LogP) is 5.04. The van der Waals surface area contributed by atoms with E-state index in [2.05, 4.69) is 0 Å². The topological polar surface area (TPSA) is 38.8 Å². The van der Waals surface area contributed by atoms with E-state index >= 15 is 0 Å². The summed E-state index contributed by atoms with van der Waals surface area (Å²) in [6.45, 7) is 0.545. The lowest BCUT2D eigenvalue weighted by Gasteiger charge is -2.43. The second kappa shape index (κ2) is 8.10. The molecule has 1 amide bonds. The summed E-state index contributed by atoms with van der Waals surface area (Å²) in [5.41, 5.74) is 0.534. The van der Waals surface area contributed by atoms with Crippen LogP contribution in [0, 0.1) is 5.82 Å². The van der Waals surface area contributed by atoms with Gasteiger partial charge in [-0.25, -0.2) is 9.18 Å². The molecule has 1 saturated heterocycles. The minimum absolute atomic E-state index is 0.117. The lowest BCUT2D eigenvalue weighted by Crippen LogP contribution is -2.56. The third-order valence-electron chi connectivity index (χ3n) is 5.21. The van der Waals surface area contributed by atoms with E-state index < -0.39 is 35.7 Å². The zero-order valence-corrected chi connectivity index (χ0v) is 15.9. The minimum atomic E-state index is -4.64. The first-order chi connectivity index (χ1) is 14.3. The van der Waals surface area contributed by atoms with Crippen LogP contribution in [0.4, 0.5) is 22.4 Å². The molecule has 2 aliphatic heterocycles. The molecule has 0 aromatic heterocycles. The Kier molecular flexibility index (Phi) is 5.51. The summed E-state index contributed by atoms with van der Waals surface area (Å²) in [7, 11) is 0. The SMILES string of the molecule is O=C(OCc1ccccc1)N1C2C=C(c3cc(F)cc(C(F)(F)F)c3)CC1COC2. The highest BCUT2D eigenvalue weighted by atomic mass is 19.4. The van der Waals surface area contributed by atoms with Gasteiger partial charge in [-0.15, -0.1) is 0 Å². The van der Waals surface area contributed by atoms with Crippen molar-refractivity contribution in [3.05, 3.63) is 77.1 Å². The van der Waals surface area contributed by atoms with Gasteiger partial charge in [0.05, 0.1) is 30.9 Å². The highest BCUT2D eigenvalue weighted by molar-refractivity contribution is 5.74. The van der Waals surface area contributed by atoms with E-state index in [9.17, 15) is 22.4 Å². The average molecular weight is 421 g/mol. The molecule has 0 spiro atoms. The van der Waals surface area contributed by atoms with E-state index in [0.717, 1.165) is 17.7 Å². The zero-order valence-electron chi connectivity index (χ0n) is 15.9. The van der Waals surface area contributed by atoms with Gasteiger partial charge in [0.1, 0.15) is 12.4 Å². The molecule has 2 aromatic carbocycles. The number of morpholine rings is 1. The number of carbonyl (C=O) groups excluding carboxylic acids is 1. The molecule has 1 fully saturated rings. The normalized spacial score (nSPS) is 21.2. The number of hydrogen-bond donors (Lipinski definition) is 0. The lowest BCUT2D eigenvalue weighted by atomic mass is 9.89. The molecule has 2 aromatic rings. The second-order valence-corrected chi connectivity index (χ2v) is 7.33. The van der Waals surface area contributed by atoms with Crippen molar-refractivity contribution in [3.8, 4) is 0 Å². The van der Waals surface area contributed by atoms with Crippen molar-refractivity contribution < 1.29 is 31.8 Å². The van der Waals surface area contributed by atoms with E-state index in [1.807, 2.05) is 30.3 Å². The molecule has 2 aliphatic rings. The Bertz CT molecular complexity index is 959. The molecule has 4 nitrogen and oxygen atoms in total. The molecular weight excluding hydrogens is 402 g/mol. The van der Waals surface area contributed by atoms with Gasteiger partial charge in [0.2, 0.25) is 0 Å². The van der Waals surface area contributed by atoms with Gasteiger partial charge in [-0.2, -0.15) is 13.2 Å². The number of rotatable bonds is 3. The van der Waals surface area contributed by atoms with Crippen LogP contribution in [0.25, 0.3) is 5.57 Å². The van der Waals surface area contributed by atoms with Crippen molar-refractivity contribution >= 4 is 11.7 Å². The van der Waals surface area contributed by atoms with Crippen LogP contribution >= 0.6 is 0 Å². The van der Waals surface area contributed by atoms with Gasteiger partial charge in [0.25, 0.3) is 0 Å². The van der Waals surface area contributed by atoms with E-state index in [0.29, 0.717) is 11.6 Å². The number of amides is 1. The number of benzene rings is 2. The van der Waals surface area contributed by atoms with Crippen LogP contribution in [-0.4, -0.2) is 36.3 Å². The second-order valence-electron chi connectivity index (χ2n) is 7.33. The van der Waals surface area contributed by atoms with E-state index in [1.54, 1.807) is 11.0 Å². The Hall–Kier alpha value is -2.87. The van der Waals surface area contributed by atoms with Gasteiger partial charge in [0.15, 0.2) is 0 Å². The first kappa shape index (κ1) is 20.4. The number of carbonyl (C=O) groups is 1. The van der Waals surface area contributed by atoms with Crippen molar-refractivity contribution in [2.75, 3.05) is 13.2 Å². The molecule has 158 valence electrons. The average Bonchev–Trinajstić information content (AvgIpc) is 2.70. The van der Waals surface area contributed by atoms with E-state index in [1.165, 1.54) is 0 Å². The molecular formula is C22H19F4NO3. The van der Waals surface area contributed by atoms with E-state index in [-0.39, 0.29) is 31.8 Å². The summed E-state index contributed by atoms with van der Waals surface area (Å²) in [4.78, 5) is 14.2. The molecule has 2 bridgehead atoms. The molecule has 30 heavy (non-hydrogen) atoms. The van der Waals surface area contributed by atoms with Gasteiger partial charge in [0, 0.05) is 0 Å².